The first-order valence-electron chi connectivity index (χ1n) is 7.37. The zero-order valence-corrected chi connectivity index (χ0v) is 12.9. The second-order valence-corrected chi connectivity index (χ2v) is 5.29. The first-order chi connectivity index (χ1) is 11.2. The Balaban J connectivity index is 1.83. The van der Waals surface area contributed by atoms with Crippen molar-refractivity contribution in [3.63, 3.8) is 0 Å². The van der Waals surface area contributed by atoms with E-state index < -0.39 is 0 Å². The molecule has 0 aliphatic heterocycles. The molecule has 0 heterocycles. The van der Waals surface area contributed by atoms with Gasteiger partial charge in [0.05, 0.1) is 7.11 Å². The van der Waals surface area contributed by atoms with Crippen molar-refractivity contribution < 1.29 is 9.13 Å². The van der Waals surface area contributed by atoms with Gasteiger partial charge in [-0.1, -0.05) is 55.1 Å². The molecule has 0 saturated carbocycles. The van der Waals surface area contributed by atoms with E-state index >= 15 is 0 Å². The first-order valence-corrected chi connectivity index (χ1v) is 7.37. The van der Waals surface area contributed by atoms with Crippen molar-refractivity contribution in [3.8, 4) is 16.9 Å². The Morgan fingerprint density at radius 2 is 1.17 bits per heavy atom. The number of hydrogen-bond donors (Lipinski definition) is 0. The zero-order chi connectivity index (χ0) is 16.2. The highest BCUT2D eigenvalue weighted by Crippen LogP contribution is 2.26. The van der Waals surface area contributed by atoms with E-state index in [9.17, 15) is 4.39 Å². The molecule has 0 bridgehead atoms. The first kappa shape index (κ1) is 15.0. The Hall–Kier alpha value is -2.87. The number of rotatable bonds is 4. The van der Waals surface area contributed by atoms with E-state index in [2.05, 4.69) is 18.7 Å². The lowest BCUT2D eigenvalue weighted by atomic mass is 9.97. The van der Waals surface area contributed by atoms with Crippen LogP contribution >= 0.6 is 0 Å². The summed E-state index contributed by atoms with van der Waals surface area (Å²) < 4.78 is 18.2. The molecule has 23 heavy (non-hydrogen) atoms. The second-order valence-electron chi connectivity index (χ2n) is 5.29. The summed E-state index contributed by atoms with van der Waals surface area (Å²) in [6.45, 7) is 4.11. The summed E-state index contributed by atoms with van der Waals surface area (Å²) in [5.41, 5.74) is 5.08. The number of benzene rings is 3. The Morgan fingerprint density at radius 3 is 1.65 bits per heavy atom. The van der Waals surface area contributed by atoms with Crippen molar-refractivity contribution in [2.75, 3.05) is 7.11 Å². The van der Waals surface area contributed by atoms with Crippen LogP contribution in [0.3, 0.4) is 0 Å². The molecule has 0 aliphatic carbocycles. The summed E-state index contributed by atoms with van der Waals surface area (Å²) in [6, 6.07) is 22.5. The zero-order valence-electron chi connectivity index (χ0n) is 12.9. The molecule has 0 radical (unpaired) electrons. The average molecular weight is 304 g/mol. The molecule has 3 aromatic carbocycles. The lowest BCUT2D eigenvalue weighted by molar-refractivity contribution is 0.415. The predicted molar refractivity (Wildman–Crippen MR) is 93.0 cm³/mol. The van der Waals surface area contributed by atoms with Crippen LogP contribution in [0.2, 0.25) is 0 Å². The van der Waals surface area contributed by atoms with Gasteiger partial charge in [-0.05, 0) is 52.1 Å². The molecule has 0 saturated heterocycles. The number of methoxy groups -OCH3 is 1. The largest absolute Gasteiger partial charge is 0.497 e. The van der Waals surface area contributed by atoms with Crippen molar-refractivity contribution in [2.45, 2.75) is 0 Å². The predicted octanol–water partition coefficient (Wildman–Crippen LogP) is 5.56. The molecule has 0 fully saturated rings. The molecule has 114 valence electrons. The second kappa shape index (κ2) is 6.49. The maximum absolute atomic E-state index is 13.0. The summed E-state index contributed by atoms with van der Waals surface area (Å²) in [5.74, 6) is 0.603. The monoisotopic (exact) mass is 304 g/mol. The van der Waals surface area contributed by atoms with Gasteiger partial charge >= 0.3 is 0 Å². The topological polar surface area (TPSA) is 9.23 Å². The minimum atomic E-state index is -0.239. The van der Waals surface area contributed by atoms with Crippen LogP contribution in [0.1, 0.15) is 11.1 Å². The molecule has 1 nitrogen and oxygen atoms in total. The van der Waals surface area contributed by atoms with Crippen LogP contribution in [-0.4, -0.2) is 7.11 Å². The van der Waals surface area contributed by atoms with Crippen molar-refractivity contribution in [3.05, 3.63) is 96.3 Å². The maximum atomic E-state index is 13.0. The number of hydrogen-bond acceptors (Lipinski definition) is 1. The summed E-state index contributed by atoms with van der Waals surface area (Å²) in [7, 11) is 1.66. The van der Waals surface area contributed by atoms with Crippen LogP contribution in [-0.2, 0) is 0 Å². The fourth-order valence-corrected chi connectivity index (χ4v) is 2.47. The van der Waals surface area contributed by atoms with Gasteiger partial charge in [-0.25, -0.2) is 4.39 Å². The lowest BCUT2D eigenvalue weighted by Crippen LogP contribution is -1.87. The third-order valence-electron chi connectivity index (χ3n) is 3.85. The van der Waals surface area contributed by atoms with E-state index in [1.807, 2.05) is 36.4 Å². The fraction of sp³-hybridized carbons (Fsp3) is 0.0476. The van der Waals surface area contributed by atoms with Crippen molar-refractivity contribution >= 4 is 5.57 Å². The quantitative estimate of drug-likeness (QED) is 0.613. The maximum Gasteiger partial charge on any atom is 0.123 e. The Kier molecular flexibility index (Phi) is 4.24. The van der Waals surface area contributed by atoms with Gasteiger partial charge in [-0.2, -0.15) is 0 Å². The SMILES string of the molecule is C=C(c1ccc(F)cc1)c1ccc(-c2ccc(OC)cc2)cc1. The van der Waals surface area contributed by atoms with Crippen molar-refractivity contribution in [2.24, 2.45) is 0 Å². The molecule has 3 rings (SSSR count). The number of ether oxygens (including phenoxy) is 1. The minimum Gasteiger partial charge on any atom is -0.497 e. The molecule has 0 unspecified atom stereocenters. The van der Waals surface area contributed by atoms with Gasteiger partial charge in [0.25, 0.3) is 0 Å². The number of halogens is 1. The molecule has 3 aromatic rings. The summed E-state index contributed by atoms with van der Waals surface area (Å²) in [4.78, 5) is 0. The van der Waals surface area contributed by atoms with Crippen LogP contribution in [0, 0.1) is 5.82 Å². The minimum absolute atomic E-state index is 0.239. The summed E-state index contributed by atoms with van der Waals surface area (Å²) in [5, 5.41) is 0. The molecular formula is C21H17FO. The summed E-state index contributed by atoms with van der Waals surface area (Å²) >= 11 is 0. The van der Waals surface area contributed by atoms with Crippen LogP contribution in [0.15, 0.2) is 79.4 Å². The molecule has 0 amide bonds. The Bertz CT molecular complexity index is 800. The van der Waals surface area contributed by atoms with E-state index in [-0.39, 0.29) is 5.82 Å². The highest BCUT2D eigenvalue weighted by Gasteiger charge is 2.04. The van der Waals surface area contributed by atoms with Gasteiger partial charge < -0.3 is 4.74 Å². The van der Waals surface area contributed by atoms with E-state index in [0.29, 0.717) is 0 Å². The van der Waals surface area contributed by atoms with Crippen LogP contribution in [0.25, 0.3) is 16.7 Å². The van der Waals surface area contributed by atoms with E-state index in [4.69, 9.17) is 4.74 Å². The Labute approximate surface area is 135 Å². The van der Waals surface area contributed by atoms with Crippen LogP contribution in [0.5, 0.6) is 5.75 Å². The van der Waals surface area contributed by atoms with Gasteiger partial charge in [0, 0.05) is 0 Å². The third-order valence-corrected chi connectivity index (χ3v) is 3.85. The highest BCUT2D eigenvalue weighted by molar-refractivity contribution is 5.79. The normalized spacial score (nSPS) is 10.3. The van der Waals surface area contributed by atoms with Gasteiger partial charge in [-0.3, -0.25) is 0 Å². The van der Waals surface area contributed by atoms with Gasteiger partial charge in [0.2, 0.25) is 0 Å². The lowest BCUT2D eigenvalue weighted by Gasteiger charge is -2.08. The molecule has 0 aliphatic rings. The Morgan fingerprint density at radius 1 is 0.739 bits per heavy atom. The molecule has 0 spiro atoms. The molecule has 2 heteroatoms. The average Bonchev–Trinajstić information content (AvgIpc) is 2.62. The highest BCUT2D eigenvalue weighted by atomic mass is 19.1. The van der Waals surface area contributed by atoms with Gasteiger partial charge in [0.1, 0.15) is 11.6 Å². The third kappa shape index (κ3) is 3.32. The molecule has 0 N–H and O–H groups in total. The smallest absolute Gasteiger partial charge is 0.123 e. The van der Waals surface area contributed by atoms with Gasteiger partial charge in [-0.15, -0.1) is 0 Å². The molecule has 0 atom stereocenters. The molecular weight excluding hydrogens is 287 g/mol. The van der Waals surface area contributed by atoms with E-state index in [1.165, 1.54) is 12.1 Å². The van der Waals surface area contributed by atoms with Gasteiger partial charge in [0.15, 0.2) is 0 Å². The standard InChI is InChI=1S/C21H17FO/c1-15(17-7-11-20(22)12-8-17)16-3-5-18(6-4-16)19-9-13-21(23-2)14-10-19/h3-14H,1H2,2H3. The van der Waals surface area contributed by atoms with Crippen LogP contribution in [0.4, 0.5) is 4.39 Å². The van der Waals surface area contributed by atoms with Crippen LogP contribution < -0.4 is 4.74 Å². The van der Waals surface area contributed by atoms with E-state index in [1.54, 1.807) is 19.2 Å². The molecule has 0 aromatic heterocycles. The van der Waals surface area contributed by atoms with Crippen molar-refractivity contribution in [1.82, 2.24) is 0 Å². The fourth-order valence-electron chi connectivity index (χ4n) is 2.47. The summed E-state index contributed by atoms with van der Waals surface area (Å²) in [6.07, 6.45) is 0. The van der Waals surface area contributed by atoms with Crippen molar-refractivity contribution in [1.29, 1.82) is 0 Å². The van der Waals surface area contributed by atoms with E-state index in [0.717, 1.165) is 33.6 Å².